The lowest BCUT2D eigenvalue weighted by Crippen LogP contribution is -2.48. The summed E-state index contributed by atoms with van der Waals surface area (Å²) < 4.78 is 16.6. The molecule has 2 heterocycles. The molecule has 34 heavy (non-hydrogen) atoms. The molecule has 2 aromatic rings. The molecule has 0 fully saturated rings. The average molecular weight is 473 g/mol. The summed E-state index contributed by atoms with van der Waals surface area (Å²) in [6, 6.07) is 6.05. The second-order valence-corrected chi connectivity index (χ2v) is 8.54. The number of rotatable bonds is 4. The van der Waals surface area contributed by atoms with Gasteiger partial charge in [-0.2, -0.15) is 0 Å². The van der Waals surface area contributed by atoms with Gasteiger partial charge >= 0.3 is 0 Å². The maximum Gasteiger partial charge on any atom is 0.294 e. The minimum Gasteiger partial charge on any atom is -0.491 e. The second-order valence-electron chi connectivity index (χ2n) is 8.54. The highest BCUT2D eigenvalue weighted by atomic mass is 16.5. The fraction of sp³-hybridized carbons (Fsp3) is 0.500. The molecular formula is C24H32N4O6. The van der Waals surface area contributed by atoms with Crippen molar-refractivity contribution in [1.82, 2.24) is 15.0 Å². The van der Waals surface area contributed by atoms with Crippen LogP contribution in [0.3, 0.4) is 0 Å². The molecule has 1 aromatic carbocycles. The lowest BCUT2D eigenvalue weighted by molar-refractivity contribution is -0.135. The van der Waals surface area contributed by atoms with Crippen LogP contribution in [0, 0.1) is 5.92 Å². The number of nitrogens with one attached hydrogen (secondary N) is 1. The lowest BCUT2D eigenvalue weighted by Gasteiger charge is -2.36. The number of methoxy groups -OCH3 is 1. The molecule has 3 amide bonds. The monoisotopic (exact) mass is 472 g/mol. The molecule has 0 bridgehead atoms. The smallest absolute Gasteiger partial charge is 0.294 e. The van der Waals surface area contributed by atoms with Gasteiger partial charge < -0.3 is 29.1 Å². The molecule has 0 saturated heterocycles. The maximum absolute atomic E-state index is 13.3. The summed E-state index contributed by atoms with van der Waals surface area (Å²) in [7, 11) is 3.31. The molecule has 1 aromatic heterocycles. The van der Waals surface area contributed by atoms with Crippen LogP contribution in [0.15, 0.2) is 35.0 Å². The van der Waals surface area contributed by atoms with Crippen molar-refractivity contribution in [2.75, 3.05) is 39.2 Å². The van der Waals surface area contributed by atoms with Crippen molar-refractivity contribution in [3.8, 4) is 5.75 Å². The van der Waals surface area contributed by atoms with E-state index in [-0.39, 0.29) is 42.2 Å². The van der Waals surface area contributed by atoms with Gasteiger partial charge in [-0.05, 0) is 19.1 Å². The van der Waals surface area contributed by atoms with E-state index in [1.807, 2.05) is 20.8 Å². The summed E-state index contributed by atoms with van der Waals surface area (Å²) in [5.74, 6) is -0.304. The molecule has 3 atom stereocenters. The van der Waals surface area contributed by atoms with Crippen molar-refractivity contribution in [1.29, 1.82) is 0 Å². The molecule has 1 aliphatic rings. The van der Waals surface area contributed by atoms with Gasteiger partial charge in [0.2, 0.25) is 11.7 Å². The van der Waals surface area contributed by atoms with Crippen LogP contribution in [0.2, 0.25) is 0 Å². The topological polar surface area (TPSA) is 114 Å². The van der Waals surface area contributed by atoms with Gasteiger partial charge in [0.25, 0.3) is 11.8 Å². The lowest BCUT2D eigenvalue weighted by atomic mass is 10.0. The maximum atomic E-state index is 13.3. The number of aromatic nitrogens is 1. The first-order valence-electron chi connectivity index (χ1n) is 11.3. The third-order valence-corrected chi connectivity index (χ3v) is 5.99. The largest absolute Gasteiger partial charge is 0.491 e. The van der Waals surface area contributed by atoms with E-state index < -0.39 is 5.91 Å². The van der Waals surface area contributed by atoms with E-state index in [9.17, 15) is 14.4 Å². The Labute approximate surface area is 199 Å². The van der Waals surface area contributed by atoms with Crippen LogP contribution >= 0.6 is 0 Å². The Hall–Kier alpha value is -3.40. The molecule has 1 aliphatic heterocycles. The van der Waals surface area contributed by atoms with Crippen LogP contribution < -0.4 is 10.1 Å². The van der Waals surface area contributed by atoms with Crippen molar-refractivity contribution in [3.05, 3.63) is 41.8 Å². The zero-order chi connectivity index (χ0) is 24.8. The number of ether oxygens (including phenoxy) is 2. The Kier molecular flexibility index (Phi) is 8.27. The van der Waals surface area contributed by atoms with E-state index in [1.165, 1.54) is 12.3 Å². The van der Waals surface area contributed by atoms with Gasteiger partial charge in [-0.25, -0.2) is 0 Å². The number of amides is 3. The van der Waals surface area contributed by atoms with Crippen LogP contribution in [-0.2, 0) is 9.53 Å². The number of nitrogens with zero attached hydrogens (tertiary/aromatic N) is 3. The number of carbonyl (C=O) groups excluding carboxylic acids is 3. The third-order valence-electron chi connectivity index (χ3n) is 5.99. The quantitative estimate of drug-likeness (QED) is 0.728. The average Bonchev–Trinajstić information content (AvgIpc) is 3.38. The second kappa shape index (κ2) is 11.1. The van der Waals surface area contributed by atoms with E-state index in [4.69, 9.17) is 14.0 Å². The number of hydrogen-bond donors (Lipinski definition) is 1. The summed E-state index contributed by atoms with van der Waals surface area (Å²) in [6.45, 7) is 6.77. The van der Waals surface area contributed by atoms with E-state index in [1.54, 1.807) is 42.2 Å². The van der Waals surface area contributed by atoms with E-state index in [2.05, 4.69) is 10.5 Å². The Morgan fingerprint density at radius 1 is 1.24 bits per heavy atom. The number of carbonyl (C=O) groups is 3. The third kappa shape index (κ3) is 5.74. The predicted octanol–water partition coefficient (Wildman–Crippen LogP) is 2.67. The molecule has 0 saturated carbocycles. The van der Waals surface area contributed by atoms with Crippen molar-refractivity contribution in [2.24, 2.45) is 5.92 Å². The molecule has 10 nitrogen and oxygen atoms in total. The first-order valence-corrected chi connectivity index (χ1v) is 11.3. The van der Waals surface area contributed by atoms with Crippen LogP contribution in [0.5, 0.6) is 5.75 Å². The normalized spacial score (nSPS) is 21.7. The van der Waals surface area contributed by atoms with Gasteiger partial charge in [-0.15, -0.1) is 0 Å². The van der Waals surface area contributed by atoms with Crippen molar-refractivity contribution < 1.29 is 28.4 Å². The molecule has 0 radical (unpaired) electrons. The molecule has 0 spiro atoms. The van der Waals surface area contributed by atoms with Crippen molar-refractivity contribution >= 4 is 23.4 Å². The van der Waals surface area contributed by atoms with Gasteiger partial charge in [-0.3, -0.25) is 14.4 Å². The number of fused-ring (bicyclic) bond motifs is 1. The highest BCUT2D eigenvalue weighted by molar-refractivity contribution is 6.03. The van der Waals surface area contributed by atoms with Crippen LogP contribution in [0.4, 0.5) is 5.69 Å². The standard InChI is InChI=1S/C24H32N4O6/c1-6-22(29)28-12-15(2)21(32-5)13-27(4)24(31)18-8-7-17(11-20(18)33-14-16(28)3)26-23(30)19-9-10-25-34-19/h7-11,15-16,21H,6,12-14H2,1-5H3,(H,26,30)/t15-,16+,21-/m1/s1. The van der Waals surface area contributed by atoms with E-state index in [0.29, 0.717) is 36.5 Å². The molecule has 0 unspecified atom stereocenters. The van der Waals surface area contributed by atoms with Gasteiger partial charge in [0, 0.05) is 57.4 Å². The van der Waals surface area contributed by atoms with Gasteiger partial charge in [-0.1, -0.05) is 19.0 Å². The SMILES string of the molecule is CCC(=O)N1C[C@@H](C)[C@H](OC)CN(C)C(=O)c2ccc(NC(=O)c3ccno3)cc2OC[C@@H]1C. The number of benzene rings is 1. The molecule has 10 heteroatoms. The number of hydrogen-bond acceptors (Lipinski definition) is 7. The van der Waals surface area contributed by atoms with Gasteiger partial charge in [0.15, 0.2) is 0 Å². The minimum absolute atomic E-state index is 0.00535. The molecule has 0 aliphatic carbocycles. The zero-order valence-electron chi connectivity index (χ0n) is 20.2. The fourth-order valence-electron chi connectivity index (χ4n) is 3.93. The number of likely N-dealkylation sites (N-methyl/N-ethyl adjacent to an activating group) is 1. The van der Waals surface area contributed by atoms with Crippen molar-refractivity contribution in [2.45, 2.75) is 39.3 Å². The highest BCUT2D eigenvalue weighted by Crippen LogP contribution is 2.27. The Morgan fingerprint density at radius 2 is 2.00 bits per heavy atom. The van der Waals surface area contributed by atoms with Crippen LogP contribution in [0.25, 0.3) is 0 Å². The van der Waals surface area contributed by atoms with Crippen LogP contribution in [0.1, 0.15) is 48.1 Å². The van der Waals surface area contributed by atoms with Gasteiger partial charge in [0.1, 0.15) is 12.4 Å². The summed E-state index contributed by atoms with van der Waals surface area (Å²) in [6.07, 6.45) is 1.50. The molecule has 1 N–H and O–H groups in total. The fourth-order valence-corrected chi connectivity index (χ4v) is 3.93. The first-order chi connectivity index (χ1) is 16.2. The van der Waals surface area contributed by atoms with Gasteiger partial charge in [0.05, 0.1) is 23.9 Å². The summed E-state index contributed by atoms with van der Waals surface area (Å²) in [5, 5.41) is 6.25. The predicted molar refractivity (Wildman–Crippen MR) is 125 cm³/mol. The van der Waals surface area contributed by atoms with Crippen LogP contribution in [-0.4, -0.2) is 78.7 Å². The van der Waals surface area contributed by atoms with E-state index >= 15 is 0 Å². The summed E-state index contributed by atoms with van der Waals surface area (Å²) in [5.41, 5.74) is 0.782. The zero-order valence-corrected chi connectivity index (χ0v) is 20.2. The Bertz CT molecular complexity index is 1010. The summed E-state index contributed by atoms with van der Waals surface area (Å²) in [4.78, 5) is 41.7. The minimum atomic E-state index is -0.473. The highest BCUT2D eigenvalue weighted by Gasteiger charge is 2.30. The Balaban J connectivity index is 1.94. The van der Waals surface area contributed by atoms with Crippen molar-refractivity contribution in [3.63, 3.8) is 0 Å². The van der Waals surface area contributed by atoms with E-state index in [0.717, 1.165) is 0 Å². The Morgan fingerprint density at radius 3 is 2.65 bits per heavy atom. The molecular weight excluding hydrogens is 440 g/mol. The summed E-state index contributed by atoms with van der Waals surface area (Å²) >= 11 is 0. The number of anilines is 1. The first kappa shape index (κ1) is 25.2. The molecule has 3 rings (SSSR count). The molecule has 184 valence electrons.